The Labute approximate surface area is 166 Å². The van der Waals surface area contributed by atoms with Crippen molar-refractivity contribution in [1.29, 1.82) is 0 Å². The van der Waals surface area contributed by atoms with E-state index in [1.807, 2.05) is 4.90 Å². The molecule has 1 amide bonds. The van der Waals surface area contributed by atoms with Crippen molar-refractivity contribution in [3.63, 3.8) is 0 Å². The molecule has 0 unspecified atom stereocenters. The zero-order valence-electron chi connectivity index (χ0n) is 14.2. The second-order valence-electron chi connectivity index (χ2n) is 5.92. The van der Waals surface area contributed by atoms with E-state index in [9.17, 15) is 14.9 Å². The number of carbonyl (C=O) groups is 1. The predicted molar refractivity (Wildman–Crippen MR) is 105 cm³/mol. The number of aromatic nitrogens is 1. The van der Waals surface area contributed by atoms with Crippen LogP contribution in [-0.2, 0) is 4.79 Å². The van der Waals surface area contributed by atoms with Gasteiger partial charge in [-0.25, -0.2) is 4.98 Å². The summed E-state index contributed by atoms with van der Waals surface area (Å²) in [5.74, 6) is 0.552. The summed E-state index contributed by atoms with van der Waals surface area (Å²) in [4.78, 5) is 30.5. The molecule has 3 rings (SSSR count). The number of anilines is 1. The summed E-state index contributed by atoms with van der Waals surface area (Å²) < 4.78 is 0. The van der Waals surface area contributed by atoms with Gasteiger partial charge in [0.15, 0.2) is 0 Å². The van der Waals surface area contributed by atoms with Gasteiger partial charge in [0.1, 0.15) is 12.0 Å². The molecule has 0 radical (unpaired) electrons. The average Bonchev–Trinajstić information content (AvgIpc) is 2.69. The first-order chi connectivity index (χ1) is 13.0. The smallest absolute Gasteiger partial charge is 0.287 e. The fraction of sp³-hybridized carbons (Fsp3) is 0.222. The maximum absolute atomic E-state index is 12.4. The number of halogens is 2. The van der Waals surface area contributed by atoms with Gasteiger partial charge >= 0.3 is 0 Å². The molecule has 0 aliphatic carbocycles. The van der Waals surface area contributed by atoms with Gasteiger partial charge in [-0.2, -0.15) is 0 Å². The SMILES string of the molecule is O=C(/C=C/c1cccc(Cl)c1Cl)N1CCN(c2ccc([N+](=O)[O-])cn2)CC1. The lowest BCUT2D eigenvalue weighted by Crippen LogP contribution is -2.48. The quantitative estimate of drug-likeness (QED) is 0.439. The van der Waals surface area contributed by atoms with Gasteiger partial charge in [-0.05, 0) is 23.8 Å². The number of rotatable bonds is 4. The summed E-state index contributed by atoms with van der Waals surface area (Å²) in [6.45, 7) is 2.26. The second-order valence-corrected chi connectivity index (χ2v) is 6.71. The summed E-state index contributed by atoms with van der Waals surface area (Å²) in [7, 11) is 0. The third-order valence-electron chi connectivity index (χ3n) is 4.25. The molecule has 2 heterocycles. The normalized spacial score (nSPS) is 14.6. The van der Waals surface area contributed by atoms with Crippen molar-refractivity contribution >= 4 is 46.7 Å². The predicted octanol–water partition coefficient (Wildman–Crippen LogP) is 3.66. The van der Waals surface area contributed by atoms with Crippen LogP contribution in [0.5, 0.6) is 0 Å². The summed E-state index contributed by atoms with van der Waals surface area (Å²) in [6, 6.07) is 8.30. The topological polar surface area (TPSA) is 79.6 Å². The van der Waals surface area contributed by atoms with Crippen LogP contribution in [0.4, 0.5) is 11.5 Å². The maximum Gasteiger partial charge on any atom is 0.287 e. The molecule has 140 valence electrons. The van der Waals surface area contributed by atoms with Gasteiger partial charge in [-0.1, -0.05) is 35.3 Å². The molecule has 1 aromatic carbocycles. The standard InChI is InChI=1S/C18H16Cl2N4O3/c19-15-3-1-2-13(18(15)20)4-7-17(25)23-10-8-22(9-11-23)16-6-5-14(12-21-16)24(26)27/h1-7,12H,8-11H2/b7-4+. The molecule has 0 bridgehead atoms. The highest BCUT2D eigenvalue weighted by molar-refractivity contribution is 6.42. The number of piperazine rings is 1. The first-order valence-corrected chi connectivity index (χ1v) is 8.97. The molecule has 9 heteroatoms. The van der Waals surface area contributed by atoms with Gasteiger partial charge in [0.2, 0.25) is 5.91 Å². The first kappa shape index (κ1) is 19.1. The molecule has 27 heavy (non-hydrogen) atoms. The van der Waals surface area contributed by atoms with E-state index in [0.29, 0.717) is 47.6 Å². The highest BCUT2D eigenvalue weighted by Crippen LogP contribution is 2.26. The fourth-order valence-corrected chi connectivity index (χ4v) is 3.12. The summed E-state index contributed by atoms with van der Waals surface area (Å²) in [5, 5.41) is 11.6. The fourth-order valence-electron chi connectivity index (χ4n) is 2.74. The first-order valence-electron chi connectivity index (χ1n) is 8.22. The van der Waals surface area contributed by atoms with Crippen molar-refractivity contribution in [1.82, 2.24) is 9.88 Å². The number of carbonyl (C=O) groups excluding carboxylic acids is 1. The van der Waals surface area contributed by atoms with Crippen molar-refractivity contribution < 1.29 is 9.72 Å². The lowest BCUT2D eigenvalue weighted by Gasteiger charge is -2.34. The van der Waals surface area contributed by atoms with Crippen molar-refractivity contribution in [3.05, 3.63) is 68.3 Å². The number of benzene rings is 1. The Morgan fingerprint density at radius 3 is 2.52 bits per heavy atom. The Morgan fingerprint density at radius 2 is 1.89 bits per heavy atom. The van der Waals surface area contributed by atoms with Crippen LogP contribution in [0.15, 0.2) is 42.6 Å². The van der Waals surface area contributed by atoms with Crippen LogP contribution < -0.4 is 4.90 Å². The van der Waals surface area contributed by atoms with E-state index in [0.717, 1.165) is 0 Å². The number of nitrogens with zero attached hydrogens (tertiary/aromatic N) is 4. The molecule has 2 aromatic rings. The van der Waals surface area contributed by atoms with Gasteiger partial charge in [0.05, 0.1) is 15.0 Å². The van der Waals surface area contributed by atoms with Crippen molar-refractivity contribution in [2.45, 2.75) is 0 Å². The Morgan fingerprint density at radius 1 is 1.15 bits per heavy atom. The number of pyridine rings is 1. The third-order valence-corrected chi connectivity index (χ3v) is 5.08. The average molecular weight is 407 g/mol. The molecule has 1 aliphatic heterocycles. The molecule has 0 atom stereocenters. The van der Waals surface area contributed by atoms with Crippen LogP contribution >= 0.6 is 23.2 Å². The molecule has 0 spiro atoms. The van der Waals surface area contributed by atoms with Crippen LogP contribution in [0.1, 0.15) is 5.56 Å². The summed E-state index contributed by atoms with van der Waals surface area (Å²) in [5.41, 5.74) is 0.642. The number of hydrogen-bond acceptors (Lipinski definition) is 5. The van der Waals surface area contributed by atoms with E-state index in [2.05, 4.69) is 4.98 Å². The van der Waals surface area contributed by atoms with Crippen LogP contribution in [0.2, 0.25) is 10.0 Å². The van der Waals surface area contributed by atoms with E-state index in [4.69, 9.17) is 23.2 Å². The van der Waals surface area contributed by atoms with E-state index < -0.39 is 4.92 Å². The highest BCUT2D eigenvalue weighted by atomic mass is 35.5. The molecule has 7 nitrogen and oxygen atoms in total. The molecule has 0 saturated carbocycles. The number of hydrogen-bond donors (Lipinski definition) is 0. The van der Waals surface area contributed by atoms with Gasteiger partial charge in [0.25, 0.3) is 5.69 Å². The molecule has 1 saturated heterocycles. The Balaban J connectivity index is 1.58. The van der Waals surface area contributed by atoms with Crippen LogP contribution in [-0.4, -0.2) is 46.9 Å². The van der Waals surface area contributed by atoms with E-state index in [-0.39, 0.29) is 11.6 Å². The Kier molecular flexibility index (Phi) is 5.93. The highest BCUT2D eigenvalue weighted by Gasteiger charge is 2.21. The summed E-state index contributed by atoms with van der Waals surface area (Å²) in [6.07, 6.45) is 4.38. The van der Waals surface area contributed by atoms with Crippen molar-refractivity contribution in [2.24, 2.45) is 0 Å². The number of nitro groups is 1. The van der Waals surface area contributed by atoms with Gasteiger partial charge in [0, 0.05) is 38.3 Å². The lowest BCUT2D eigenvalue weighted by molar-refractivity contribution is -0.385. The molecule has 0 N–H and O–H groups in total. The molecule has 1 aliphatic rings. The van der Waals surface area contributed by atoms with Crippen molar-refractivity contribution in [3.8, 4) is 0 Å². The zero-order chi connectivity index (χ0) is 19.4. The largest absolute Gasteiger partial charge is 0.353 e. The minimum absolute atomic E-state index is 0.0441. The zero-order valence-corrected chi connectivity index (χ0v) is 15.7. The van der Waals surface area contributed by atoms with E-state index >= 15 is 0 Å². The van der Waals surface area contributed by atoms with Gasteiger partial charge < -0.3 is 9.80 Å². The van der Waals surface area contributed by atoms with E-state index in [1.165, 1.54) is 18.3 Å². The molecule has 1 fully saturated rings. The lowest BCUT2D eigenvalue weighted by atomic mass is 10.2. The molecular formula is C18H16Cl2N4O3. The number of amides is 1. The Bertz CT molecular complexity index is 879. The second kappa shape index (κ2) is 8.37. The minimum atomic E-state index is -0.480. The van der Waals surface area contributed by atoms with E-state index in [1.54, 1.807) is 35.2 Å². The summed E-state index contributed by atoms with van der Waals surface area (Å²) >= 11 is 12.1. The third kappa shape index (κ3) is 4.56. The molecular weight excluding hydrogens is 391 g/mol. The Hall–Kier alpha value is -2.64. The van der Waals surface area contributed by atoms with Crippen LogP contribution in [0.3, 0.4) is 0 Å². The monoisotopic (exact) mass is 406 g/mol. The maximum atomic E-state index is 12.4. The van der Waals surface area contributed by atoms with Crippen LogP contribution in [0.25, 0.3) is 6.08 Å². The van der Waals surface area contributed by atoms with Crippen molar-refractivity contribution in [2.75, 3.05) is 31.1 Å². The van der Waals surface area contributed by atoms with Gasteiger partial charge in [-0.15, -0.1) is 0 Å². The van der Waals surface area contributed by atoms with Gasteiger partial charge in [-0.3, -0.25) is 14.9 Å². The van der Waals surface area contributed by atoms with Crippen LogP contribution in [0, 0.1) is 10.1 Å². The molecule has 1 aromatic heterocycles. The minimum Gasteiger partial charge on any atom is -0.353 e.